The predicted octanol–water partition coefficient (Wildman–Crippen LogP) is 1.47. The number of fused-ring (bicyclic) bond motifs is 2. The number of hydrogen-bond acceptors (Lipinski definition) is 4. The molecular weight excluding hydrogens is 342 g/mol. The maximum Gasteiger partial charge on any atom is 0.253 e. The van der Waals surface area contributed by atoms with Crippen LogP contribution in [0.5, 0.6) is 0 Å². The first-order chi connectivity index (χ1) is 12.8. The lowest BCUT2D eigenvalue weighted by molar-refractivity contribution is -0.178. The smallest absolute Gasteiger partial charge is 0.253 e. The highest BCUT2D eigenvalue weighted by atomic mass is 16.5. The summed E-state index contributed by atoms with van der Waals surface area (Å²) < 4.78 is 5.70. The van der Waals surface area contributed by atoms with Crippen molar-refractivity contribution in [1.82, 2.24) is 14.7 Å². The number of morpholine rings is 1. The summed E-state index contributed by atoms with van der Waals surface area (Å²) in [5.41, 5.74) is 0.206. The molecule has 1 unspecified atom stereocenters. The summed E-state index contributed by atoms with van der Waals surface area (Å²) in [6.45, 7) is 10.9. The van der Waals surface area contributed by atoms with Gasteiger partial charge >= 0.3 is 0 Å². The van der Waals surface area contributed by atoms with E-state index in [-0.39, 0.29) is 28.8 Å². The summed E-state index contributed by atoms with van der Waals surface area (Å²) in [6.07, 6.45) is 0. The van der Waals surface area contributed by atoms with Crippen molar-refractivity contribution in [3.63, 3.8) is 0 Å². The summed E-state index contributed by atoms with van der Waals surface area (Å²) >= 11 is 0. The van der Waals surface area contributed by atoms with Crippen molar-refractivity contribution in [3.05, 3.63) is 35.9 Å². The van der Waals surface area contributed by atoms with Crippen LogP contribution in [0.1, 0.15) is 31.1 Å². The molecule has 3 fully saturated rings. The zero-order chi connectivity index (χ0) is 19.2. The van der Waals surface area contributed by atoms with E-state index in [9.17, 15) is 9.59 Å². The second kappa shape index (κ2) is 6.60. The van der Waals surface area contributed by atoms with E-state index in [0.29, 0.717) is 32.8 Å². The number of likely N-dealkylation sites (tertiary alicyclic amines) is 1. The van der Waals surface area contributed by atoms with E-state index in [1.807, 2.05) is 60.9 Å². The van der Waals surface area contributed by atoms with E-state index in [1.165, 1.54) is 0 Å². The normalized spacial score (nSPS) is 25.1. The van der Waals surface area contributed by atoms with Crippen LogP contribution in [-0.2, 0) is 9.53 Å². The molecule has 6 nitrogen and oxygen atoms in total. The number of hydrogen-bond donors (Lipinski definition) is 0. The van der Waals surface area contributed by atoms with Gasteiger partial charge in [0.25, 0.3) is 5.91 Å². The Labute approximate surface area is 161 Å². The van der Waals surface area contributed by atoms with Crippen LogP contribution < -0.4 is 0 Å². The first-order valence-electron chi connectivity index (χ1n) is 9.78. The van der Waals surface area contributed by atoms with Gasteiger partial charge in [0, 0.05) is 43.7 Å². The van der Waals surface area contributed by atoms with Crippen molar-refractivity contribution in [2.75, 3.05) is 45.9 Å². The van der Waals surface area contributed by atoms with Crippen LogP contribution in [0.3, 0.4) is 0 Å². The molecule has 4 rings (SSSR count). The van der Waals surface area contributed by atoms with E-state index in [2.05, 4.69) is 4.90 Å². The highest BCUT2D eigenvalue weighted by Crippen LogP contribution is 2.37. The molecule has 1 spiro atoms. The molecule has 27 heavy (non-hydrogen) atoms. The number of carbonyl (C=O) groups is 2. The lowest BCUT2D eigenvalue weighted by Crippen LogP contribution is -2.81. The molecule has 2 amide bonds. The minimum absolute atomic E-state index is 0.0702. The van der Waals surface area contributed by atoms with Crippen molar-refractivity contribution in [2.24, 2.45) is 5.41 Å². The molecule has 3 saturated heterocycles. The summed E-state index contributed by atoms with van der Waals surface area (Å²) in [6, 6.07) is 9.66. The molecule has 6 heteroatoms. The Morgan fingerprint density at radius 1 is 1.07 bits per heavy atom. The van der Waals surface area contributed by atoms with E-state index in [0.717, 1.165) is 18.7 Å². The summed E-state index contributed by atoms with van der Waals surface area (Å²) in [4.78, 5) is 32.1. The third-order valence-corrected chi connectivity index (χ3v) is 5.96. The van der Waals surface area contributed by atoms with Gasteiger partial charge in [0.05, 0.1) is 24.8 Å². The van der Waals surface area contributed by atoms with Gasteiger partial charge in [-0.2, -0.15) is 0 Å². The topological polar surface area (TPSA) is 53.1 Å². The van der Waals surface area contributed by atoms with E-state index in [1.54, 1.807) is 0 Å². The van der Waals surface area contributed by atoms with Gasteiger partial charge in [0.15, 0.2) is 0 Å². The third kappa shape index (κ3) is 3.25. The molecule has 0 aliphatic carbocycles. The van der Waals surface area contributed by atoms with Crippen LogP contribution in [-0.4, -0.2) is 84.0 Å². The molecule has 1 aromatic rings. The van der Waals surface area contributed by atoms with Gasteiger partial charge < -0.3 is 14.5 Å². The predicted molar refractivity (Wildman–Crippen MR) is 102 cm³/mol. The van der Waals surface area contributed by atoms with Crippen molar-refractivity contribution in [1.29, 1.82) is 0 Å². The molecule has 3 aliphatic rings. The highest BCUT2D eigenvalue weighted by molar-refractivity contribution is 5.94. The van der Waals surface area contributed by atoms with Gasteiger partial charge in [-0.1, -0.05) is 39.0 Å². The average molecular weight is 371 g/mol. The molecule has 1 atom stereocenters. The summed E-state index contributed by atoms with van der Waals surface area (Å²) in [7, 11) is 0. The van der Waals surface area contributed by atoms with Gasteiger partial charge in [-0.15, -0.1) is 0 Å². The van der Waals surface area contributed by atoms with Gasteiger partial charge in [-0.3, -0.25) is 14.5 Å². The Kier molecular flexibility index (Phi) is 4.51. The second-order valence-electron chi connectivity index (χ2n) is 9.11. The van der Waals surface area contributed by atoms with Crippen molar-refractivity contribution in [3.8, 4) is 0 Å². The molecule has 3 heterocycles. The number of rotatable bonds is 1. The first-order valence-corrected chi connectivity index (χ1v) is 9.78. The first kappa shape index (κ1) is 18.4. The largest absolute Gasteiger partial charge is 0.378 e. The lowest BCUT2D eigenvalue weighted by atomic mass is 9.80. The minimum Gasteiger partial charge on any atom is -0.378 e. The van der Waals surface area contributed by atoms with Crippen LogP contribution in [0.2, 0.25) is 0 Å². The summed E-state index contributed by atoms with van der Waals surface area (Å²) in [5, 5.41) is 0. The maximum absolute atomic E-state index is 13.1. The van der Waals surface area contributed by atoms with Crippen molar-refractivity contribution in [2.45, 2.75) is 32.4 Å². The third-order valence-electron chi connectivity index (χ3n) is 5.96. The molecule has 1 aromatic carbocycles. The van der Waals surface area contributed by atoms with E-state index in [4.69, 9.17) is 4.74 Å². The van der Waals surface area contributed by atoms with Crippen molar-refractivity contribution < 1.29 is 14.3 Å². The Hall–Kier alpha value is -1.92. The number of carbonyl (C=O) groups excluding carboxylic acids is 2. The molecule has 146 valence electrons. The Morgan fingerprint density at radius 3 is 2.41 bits per heavy atom. The fourth-order valence-corrected chi connectivity index (χ4v) is 4.68. The molecule has 0 aromatic heterocycles. The highest BCUT2D eigenvalue weighted by Gasteiger charge is 2.56. The number of benzene rings is 1. The summed E-state index contributed by atoms with van der Waals surface area (Å²) in [5.74, 6) is 0.255. The van der Waals surface area contributed by atoms with Crippen LogP contribution in [0.25, 0.3) is 0 Å². The van der Waals surface area contributed by atoms with Crippen LogP contribution in [0, 0.1) is 5.41 Å². The van der Waals surface area contributed by atoms with E-state index < -0.39 is 0 Å². The monoisotopic (exact) mass is 371 g/mol. The minimum atomic E-state index is -0.375. The standard InChI is InChI=1S/C21H29N3O3/c1-20(2,3)19(26)23-14-21(15-23)13-22(11-17-12-27-10-9-24(17)21)18(25)16-7-5-4-6-8-16/h4-8,17H,9-15H2,1-3H3. The van der Waals surface area contributed by atoms with Gasteiger partial charge in [-0.25, -0.2) is 0 Å². The number of nitrogens with zero attached hydrogens (tertiary/aromatic N) is 3. The maximum atomic E-state index is 13.1. The number of ether oxygens (including phenoxy) is 1. The Bertz CT molecular complexity index is 722. The molecule has 0 N–H and O–H groups in total. The molecule has 0 radical (unpaired) electrons. The van der Waals surface area contributed by atoms with Gasteiger partial charge in [0.2, 0.25) is 5.91 Å². The quantitative estimate of drug-likeness (QED) is 0.750. The van der Waals surface area contributed by atoms with E-state index >= 15 is 0 Å². The number of piperazine rings is 1. The Balaban J connectivity index is 1.55. The zero-order valence-electron chi connectivity index (χ0n) is 16.5. The van der Waals surface area contributed by atoms with Gasteiger partial charge in [0.1, 0.15) is 0 Å². The van der Waals surface area contributed by atoms with Gasteiger partial charge in [-0.05, 0) is 12.1 Å². The molecular formula is C21H29N3O3. The Morgan fingerprint density at radius 2 is 1.74 bits per heavy atom. The molecule has 3 aliphatic heterocycles. The SMILES string of the molecule is CC(C)(C)C(=O)N1CC2(CN(C(=O)c3ccccc3)CC3COCCN32)C1. The van der Waals surface area contributed by atoms with Crippen LogP contribution >= 0.6 is 0 Å². The molecule has 0 saturated carbocycles. The number of amides is 2. The lowest BCUT2D eigenvalue weighted by Gasteiger charge is -2.63. The van der Waals surface area contributed by atoms with Crippen LogP contribution in [0.15, 0.2) is 30.3 Å². The fourth-order valence-electron chi connectivity index (χ4n) is 4.68. The molecule has 0 bridgehead atoms. The fraction of sp³-hybridized carbons (Fsp3) is 0.619. The van der Waals surface area contributed by atoms with Crippen LogP contribution in [0.4, 0.5) is 0 Å². The van der Waals surface area contributed by atoms with Crippen molar-refractivity contribution >= 4 is 11.8 Å². The zero-order valence-corrected chi connectivity index (χ0v) is 16.5. The second-order valence-corrected chi connectivity index (χ2v) is 9.11. The average Bonchev–Trinajstić information content (AvgIpc) is 2.64.